The van der Waals surface area contributed by atoms with Crippen molar-refractivity contribution in [2.24, 2.45) is 0 Å². The van der Waals surface area contributed by atoms with Crippen LogP contribution in [-0.2, 0) is 19.6 Å². The lowest BCUT2D eigenvalue weighted by Crippen LogP contribution is -2.15. The second-order valence-electron chi connectivity index (χ2n) is 5.06. The van der Waals surface area contributed by atoms with Gasteiger partial charge in [-0.25, -0.2) is 4.79 Å². The average Bonchev–Trinajstić information content (AvgIpc) is 2.83. The van der Waals surface area contributed by atoms with Crippen molar-refractivity contribution in [2.45, 2.75) is 19.6 Å². The summed E-state index contributed by atoms with van der Waals surface area (Å²) in [5.41, 5.74) is 3.49. The van der Waals surface area contributed by atoms with Gasteiger partial charge >= 0.3 is 5.97 Å². The molecule has 0 saturated heterocycles. The molecule has 0 fully saturated rings. The van der Waals surface area contributed by atoms with Gasteiger partial charge in [0.05, 0.1) is 5.56 Å². The third-order valence-electron chi connectivity index (χ3n) is 3.63. The Morgan fingerprint density at radius 1 is 1.10 bits per heavy atom. The van der Waals surface area contributed by atoms with Crippen LogP contribution in [0.4, 0.5) is 0 Å². The molecule has 1 heterocycles. The zero-order chi connectivity index (χ0) is 14.1. The molecule has 0 radical (unpaired) electrons. The van der Waals surface area contributed by atoms with Crippen LogP contribution in [0.3, 0.4) is 0 Å². The van der Waals surface area contributed by atoms with E-state index in [-0.39, 0.29) is 11.3 Å². The van der Waals surface area contributed by atoms with Gasteiger partial charge in [-0.1, -0.05) is 30.3 Å². The van der Waals surface area contributed by atoms with Crippen LogP contribution in [0.2, 0.25) is 0 Å². The van der Waals surface area contributed by atoms with Crippen molar-refractivity contribution in [3.05, 3.63) is 64.7 Å². The summed E-state index contributed by atoms with van der Waals surface area (Å²) in [5.74, 6) is -0.985. The number of hydrogen-bond donors (Lipinski definition) is 2. The number of phenols is 1. The summed E-state index contributed by atoms with van der Waals surface area (Å²) in [5, 5.41) is 18.8. The lowest BCUT2D eigenvalue weighted by Gasteiger charge is -2.16. The maximum atomic E-state index is 10.8. The van der Waals surface area contributed by atoms with Crippen molar-refractivity contribution in [3.63, 3.8) is 0 Å². The minimum Gasteiger partial charge on any atom is -0.508 e. The molecule has 0 bridgehead atoms. The molecule has 2 aromatic carbocycles. The van der Waals surface area contributed by atoms with Gasteiger partial charge in [-0.3, -0.25) is 4.90 Å². The molecular formula is C16H15NO3. The molecule has 0 spiro atoms. The van der Waals surface area contributed by atoms with E-state index in [1.807, 2.05) is 12.1 Å². The van der Waals surface area contributed by atoms with Crippen molar-refractivity contribution in [2.75, 3.05) is 0 Å². The minimum atomic E-state index is -1.03. The predicted octanol–water partition coefficient (Wildman–Crippen LogP) is 2.61. The first-order chi connectivity index (χ1) is 9.63. The third kappa shape index (κ3) is 2.38. The Morgan fingerprint density at radius 2 is 1.75 bits per heavy atom. The molecule has 20 heavy (non-hydrogen) atoms. The Bertz CT molecular complexity index is 642. The maximum absolute atomic E-state index is 10.8. The van der Waals surface area contributed by atoms with Crippen LogP contribution in [0.1, 0.15) is 27.0 Å². The van der Waals surface area contributed by atoms with Gasteiger partial charge in [-0.2, -0.15) is 0 Å². The molecule has 4 nitrogen and oxygen atoms in total. The quantitative estimate of drug-likeness (QED) is 0.899. The van der Waals surface area contributed by atoms with Gasteiger partial charge in [0, 0.05) is 25.2 Å². The minimum absolute atomic E-state index is 0.0425. The van der Waals surface area contributed by atoms with E-state index >= 15 is 0 Å². The fourth-order valence-electron chi connectivity index (χ4n) is 2.59. The molecule has 0 aromatic heterocycles. The fourth-order valence-corrected chi connectivity index (χ4v) is 2.59. The molecule has 0 aliphatic carbocycles. The molecule has 2 N–H and O–H groups in total. The lowest BCUT2D eigenvalue weighted by molar-refractivity contribution is 0.0696. The number of hydrogen-bond acceptors (Lipinski definition) is 3. The number of phenolic OH excluding ortho intramolecular Hbond substituents is 1. The number of rotatable bonds is 3. The average molecular weight is 269 g/mol. The first-order valence-electron chi connectivity index (χ1n) is 6.48. The Hall–Kier alpha value is -2.33. The Balaban J connectivity index is 1.75. The highest BCUT2D eigenvalue weighted by Gasteiger charge is 2.19. The van der Waals surface area contributed by atoms with Crippen LogP contribution in [0.15, 0.2) is 42.5 Å². The van der Waals surface area contributed by atoms with Crippen molar-refractivity contribution in [1.29, 1.82) is 0 Å². The van der Waals surface area contributed by atoms with Gasteiger partial charge in [-0.15, -0.1) is 0 Å². The smallest absolute Gasteiger partial charge is 0.335 e. The Morgan fingerprint density at radius 3 is 2.30 bits per heavy atom. The molecule has 1 aliphatic rings. The number of carbonyl (C=O) groups is 1. The molecule has 4 heteroatoms. The summed E-state index contributed by atoms with van der Waals surface area (Å²) in [6, 6.07) is 12.8. The standard InChI is InChI=1S/C16H15NO3/c18-15-7-11(16(19)20)5-6-14(15)10-17-8-12-3-1-2-4-13(12)9-17/h1-7,18H,8-10H2,(H,19,20). The number of benzene rings is 2. The number of aromatic hydroxyl groups is 1. The van der Waals surface area contributed by atoms with Crippen LogP contribution < -0.4 is 0 Å². The van der Waals surface area contributed by atoms with Gasteiger partial charge in [0.2, 0.25) is 0 Å². The molecule has 0 amide bonds. The summed E-state index contributed by atoms with van der Waals surface area (Å²) in [7, 11) is 0. The molecular weight excluding hydrogens is 254 g/mol. The van der Waals surface area contributed by atoms with E-state index in [9.17, 15) is 9.90 Å². The molecule has 0 unspecified atom stereocenters. The Labute approximate surface area is 116 Å². The molecule has 1 aliphatic heterocycles. The summed E-state index contributed by atoms with van der Waals surface area (Å²) in [6.07, 6.45) is 0. The van der Waals surface area contributed by atoms with Crippen molar-refractivity contribution < 1.29 is 15.0 Å². The summed E-state index contributed by atoms with van der Waals surface area (Å²) >= 11 is 0. The topological polar surface area (TPSA) is 60.8 Å². The van der Waals surface area contributed by atoms with Crippen LogP contribution in [-0.4, -0.2) is 21.1 Å². The largest absolute Gasteiger partial charge is 0.508 e. The fraction of sp³-hybridized carbons (Fsp3) is 0.188. The van der Waals surface area contributed by atoms with Crippen molar-refractivity contribution in [3.8, 4) is 5.75 Å². The van der Waals surface area contributed by atoms with Gasteiger partial charge in [0.25, 0.3) is 0 Å². The number of fused-ring (bicyclic) bond motifs is 1. The molecule has 0 atom stereocenters. The van der Waals surface area contributed by atoms with Crippen LogP contribution in [0, 0.1) is 0 Å². The lowest BCUT2D eigenvalue weighted by atomic mass is 10.1. The van der Waals surface area contributed by atoms with E-state index in [1.165, 1.54) is 23.3 Å². The van der Waals surface area contributed by atoms with Crippen molar-refractivity contribution in [1.82, 2.24) is 4.90 Å². The highest BCUT2D eigenvalue weighted by Crippen LogP contribution is 2.27. The van der Waals surface area contributed by atoms with Crippen molar-refractivity contribution >= 4 is 5.97 Å². The second kappa shape index (κ2) is 4.98. The zero-order valence-corrected chi connectivity index (χ0v) is 10.9. The molecule has 2 aromatic rings. The van der Waals surface area contributed by atoms with Crippen LogP contribution in [0.25, 0.3) is 0 Å². The predicted molar refractivity (Wildman–Crippen MR) is 74.5 cm³/mol. The second-order valence-corrected chi connectivity index (χ2v) is 5.06. The number of nitrogens with zero attached hydrogens (tertiary/aromatic N) is 1. The zero-order valence-electron chi connectivity index (χ0n) is 10.9. The van der Waals surface area contributed by atoms with Gasteiger partial charge in [0.1, 0.15) is 5.75 Å². The van der Waals surface area contributed by atoms with Crippen LogP contribution in [0.5, 0.6) is 5.75 Å². The third-order valence-corrected chi connectivity index (χ3v) is 3.63. The summed E-state index contributed by atoms with van der Waals surface area (Å²) < 4.78 is 0. The molecule has 3 rings (SSSR count). The van der Waals surface area contributed by atoms with E-state index in [1.54, 1.807) is 6.07 Å². The monoisotopic (exact) mass is 269 g/mol. The van der Waals surface area contributed by atoms with Gasteiger partial charge in [-0.05, 0) is 23.3 Å². The van der Waals surface area contributed by atoms with E-state index in [0.29, 0.717) is 6.54 Å². The summed E-state index contributed by atoms with van der Waals surface area (Å²) in [4.78, 5) is 13.1. The van der Waals surface area contributed by atoms with Gasteiger partial charge in [0.15, 0.2) is 0 Å². The van der Waals surface area contributed by atoms with E-state index < -0.39 is 5.97 Å². The Kier molecular flexibility index (Phi) is 3.16. The number of carboxylic acid groups (broad SMARTS) is 1. The van der Waals surface area contributed by atoms with Gasteiger partial charge < -0.3 is 10.2 Å². The number of aromatic carboxylic acids is 1. The first kappa shape index (κ1) is 12.7. The maximum Gasteiger partial charge on any atom is 0.335 e. The first-order valence-corrected chi connectivity index (χ1v) is 6.48. The molecule has 0 saturated carbocycles. The van der Waals surface area contributed by atoms with E-state index in [4.69, 9.17) is 5.11 Å². The highest BCUT2D eigenvalue weighted by molar-refractivity contribution is 5.88. The SMILES string of the molecule is O=C(O)c1ccc(CN2Cc3ccccc3C2)c(O)c1. The highest BCUT2D eigenvalue weighted by atomic mass is 16.4. The van der Waals surface area contributed by atoms with Crippen LogP contribution >= 0.6 is 0 Å². The van der Waals surface area contributed by atoms with E-state index in [2.05, 4.69) is 17.0 Å². The normalized spacial score (nSPS) is 14.2. The summed E-state index contributed by atoms with van der Waals surface area (Å²) in [6.45, 7) is 2.33. The molecule has 102 valence electrons. The van der Waals surface area contributed by atoms with E-state index in [0.717, 1.165) is 18.7 Å². The number of carboxylic acids is 1.